The molecule has 6 heteroatoms. The zero-order chi connectivity index (χ0) is 15.5. The van der Waals surface area contributed by atoms with Gasteiger partial charge in [-0.15, -0.1) is 0 Å². The van der Waals surface area contributed by atoms with Crippen molar-refractivity contribution in [2.24, 2.45) is 0 Å². The van der Waals surface area contributed by atoms with E-state index in [9.17, 15) is 0 Å². The molecule has 0 radical (unpaired) electrons. The largest absolute Gasteiger partial charge is 0.381 e. The Morgan fingerprint density at radius 3 is 2.70 bits per heavy atom. The predicted octanol–water partition coefficient (Wildman–Crippen LogP) is 1.70. The standard InChI is InChI=1S/C17H21N5O/c1-2-15(11-18-4-1)21-5-7-22(8-6-21)17-10-16(19-13-20-17)14-3-9-23-12-14/h1-2,4,10-11,13-14H,3,5-9,12H2/t14-/m1/s1. The fraction of sp³-hybridized carbons (Fsp3) is 0.471. The SMILES string of the molecule is c1cncc(N2CCN(c3cc([C@@H]4CCOC4)ncn3)CC2)c1. The second-order valence-electron chi connectivity index (χ2n) is 6.05. The first kappa shape index (κ1) is 14.4. The highest BCUT2D eigenvalue weighted by atomic mass is 16.5. The maximum absolute atomic E-state index is 5.47. The Hall–Kier alpha value is -2.21. The van der Waals surface area contributed by atoms with Crippen molar-refractivity contribution in [1.29, 1.82) is 0 Å². The van der Waals surface area contributed by atoms with Crippen LogP contribution in [-0.4, -0.2) is 54.3 Å². The number of piperazine rings is 1. The molecule has 2 saturated heterocycles. The fourth-order valence-corrected chi connectivity index (χ4v) is 3.26. The summed E-state index contributed by atoms with van der Waals surface area (Å²) in [5, 5.41) is 0. The summed E-state index contributed by atoms with van der Waals surface area (Å²) in [5.74, 6) is 1.46. The minimum absolute atomic E-state index is 0.424. The van der Waals surface area contributed by atoms with Crippen LogP contribution in [0.15, 0.2) is 36.9 Å². The maximum Gasteiger partial charge on any atom is 0.132 e. The van der Waals surface area contributed by atoms with Crippen molar-refractivity contribution < 1.29 is 4.74 Å². The molecule has 0 amide bonds. The second-order valence-corrected chi connectivity index (χ2v) is 6.05. The van der Waals surface area contributed by atoms with E-state index in [4.69, 9.17) is 4.74 Å². The Balaban J connectivity index is 1.43. The van der Waals surface area contributed by atoms with Crippen LogP contribution >= 0.6 is 0 Å². The number of ether oxygens (including phenoxy) is 1. The summed E-state index contributed by atoms with van der Waals surface area (Å²) in [7, 11) is 0. The maximum atomic E-state index is 5.47. The average Bonchev–Trinajstić information content (AvgIpc) is 3.18. The zero-order valence-electron chi connectivity index (χ0n) is 13.1. The van der Waals surface area contributed by atoms with Gasteiger partial charge in [0.15, 0.2) is 0 Å². The van der Waals surface area contributed by atoms with Crippen molar-refractivity contribution >= 4 is 11.5 Å². The molecule has 0 aromatic carbocycles. The van der Waals surface area contributed by atoms with Gasteiger partial charge in [0.1, 0.15) is 12.1 Å². The van der Waals surface area contributed by atoms with E-state index >= 15 is 0 Å². The molecular formula is C17H21N5O. The van der Waals surface area contributed by atoms with Crippen LogP contribution < -0.4 is 9.80 Å². The van der Waals surface area contributed by atoms with E-state index in [1.165, 1.54) is 5.69 Å². The number of nitrogens with zero attached hydrogens (tertiary/aromatic N) is 5. The summed E-state index contributed by atoms with van der Waals surface area (Å²) in [6, 6.07) is 6.24. The third-order valence-electron chi connectivity index (χ3n) is 4.64. The van der Waals surface area contributed by atoms with Crippen LogP contribution in [0.3, 0.4) is 0 Å². The molecule has 4 rings (SSSR count). The molecule has 6 nitrogen and oxygen atoms in total. The first-order chi connectivity index (χ1) is 11.4. The Kier molecular flexibility index (Phi) is 4.06. The molecule has 0 saturated carbocycles. The Bertz CT molecular complexity index is 636. The van der Waals surface area contributed by atoms with Crippen LogP contribution in [0.4, 0.5) is 11.5 Å². The van der Waals surface area contributed by atoms with Gasteiger partial charge in [-0.1, -0.05) is 0 Å². The lowest BCUT2D eigenvalue weighted by molar-refractivity contribution is 0.193. The molecule has 1 atom stereocenters. The van der Waals surface area contributed by atoms with Crippen LogP contribution in [0.25, 0.3) is 0 Å². The van der Waals surface area contributed by atoms with Crippen molar-refractivity contribution in [2.45, 2.75) is 12.3 Å². The summed E-state index contributed by atoms with van der Waals surface area (Å²) in [6.45, 7) is 5.52. The highest BCUT2D eigenvalue weighted by Crippen LogP contribution is 2.26. The predicted molar refractivity (Wildman–Crippen MR) is 88.9 cm³/mol. The molecule has 0 bridgehead atoms. The highest BCUT2D eigenvalue weighted by molar-refractivity contribution is 5.48. The van der Waals surface area contributed by atoms with E-state index in [0.717, 1.165) is 57.3 Å². The van der Waals surface area contributed by atoms with Gasteiger partial charge in [-0.05, 0) is 18.6 Å². The minimum atomic E-state index is 0.424. The normalized spacial score (nSPS) is 21.7. The molecule has 120 valence electrons. The van der Waals surface area contributed by atoms with E-state index in [1.807, 2.05) is 18.5 Å². The van der Waals surface area contributed by atoms with Crippen molar-refractivity contribution in [3.8, 4) is 0 Å². The molecule has 2 aromatic heterocycles. The smallest absolute Gasteiger partial charge is 0.132 e. The molecular weight excluding hydrogens is 290 g/mol. The molecule has 0 N–H and O–H groups in total. The van der Waals surface area contributed by atoms with E-state index < -0.39 is 0 Å². The first-order valence-corrected chi connectivity index (χ1v) is 8.20. The summed E-state index contributed by atoms with van der Waals surface area (Å²) in [6.07, 6.45) is 6.50. The van der Waals surface area contributed by atoms with Crippen molar-refractivity contribution in [3.05, 3.63) is 42.6 Å². The monoisotopic (exact) mass is 311 g/mol. The van der Waals surface area contributed by atoms with Gasteiger partial charge in [-0.3, -0.25) is 4.98 Å². The first-order valence-electron chi connectivity index (χ1n) is 8.20. The fourth-order valence-electron chi connectivity index (χ4n) is 3.26. The lowest BCUT2D eigenvalue weighted by Gasteiger charge is -2.36. The Morgan fingerprint density at radius 2 is 1.96 bits per heavy atom. The summed E-state index contributed by atoms with van der Waals surface area (Å²) in [4.78, 5) is 17.8. The van der Waals surface area contributed by atoms with Crippen molar-refractivity contribution in [3.63, 3.8) is 0 Å². The lowest BCUT2D eigenvalue weighted by Crippen LogP contribution is -2.46. The van der Waals surface area contributed by atoms with Crippen molar-refractivity contribution in [1.82, 2.24) is 15.0 Å². The molecule has 2 aromatic rings. The number of rotatable bonds is 3. The molecule has 4 heterocycles. The zero-order valence-corrected chi connectivity index (χ0v) is 13.1. The lowest BCUT2D eigenvalue weighted by atomic mass is 10.0. The van der Waals surface area contributed by atoms with Gasteiger partial charge in [0.05, 0.1) is 24.2 Å². The Morgan fingerprint density at radius 1 is 1.09 bits per heavy atom. The van der Waals surface area contributed by atoms with Gasteiger partial charge < -0.3 is 14.5 Å². The van der Waals surface area contributed by atoms with Gasteiger partial charge in [0.2, 0.25) is 0 Å². The summed E-state index contributed by atoms with van der Waals surface area (Å²) in [5.41, 5.74) is 2.31. The molecule has 0 aliphatic carbocycles. The van der Waals surface area contributed by atoms with Gasteiger partial charge in [-0.25, -0.2) is 9.97 Å². The molecule has 23 heavy (non-hydrogen) atoms. The van der Waals surface area contributed by atoms with E-state index in [-0.39, 0.29) is 0 Å². The second kappa shape index (κ2) is 6.50. The highest BCUT2D eigenvalue weighted by Gasteiger charge is 2.22. The van der Waals surface area contributed by atoms with E-state index in [1.54, 1.807) is 6.33 Å². The van der Waals surface area contributed by atoms with E-state index in [2.05, 4.69) is 36.9 Å². The molecule has 0 unspecified atom stereocenters. The van der Waals surface area contributed by atoms with Gasteiger partial charge in [0.25, 0.3) is 0 Å². The van der Waals surface area contributed by atoms with Crippen LogP contribution in [0.2, 0.25) is 0 Å². The summed E-state index contributed by atoms with van der Waals surface area (Å²) >= 11 is 0. The summed E-state index contributed by atoms with van der Waals surface area (Å²) < 4.78 is 5.47. The quantitative estimate of drug-likeness (QED) is 0.860. The third-order valence-corrected chi connectivity index (χ3v) is 4.64. The van der Waals surface area contributed by atoms with Gasteiger partial charge in [-0.2, -0.15) is 0 Å². The molecule has 2 aliphatic heterocycles. The van der Waals surface area contributed by atoms with Crippen LogP contribution in [0.1, 0.15) is 18.0 Å². The molecule has 0 spiro atoms. The third kappa shape index (κ3) is 3.12. The number of hydrogen-bond acceptors (Lipinski definition) is 6. The molecule has 2 fully saturated rings. The van der Waals surface area contributed by atoms with Crippen LogP contribution in [-0.2, 0) is 4.74 Å². The van der Waals surface area contributed by atoms with Gasteiger partial charge >= 0.3 is 0 Å². The number of hydrogen-bond donors (Lipinski definition) is 0. The average molecular weight is 311 g/mol. The topological polar surface area (TPSA) is 54.4 Å². The number of anilines is 2. The number of aromatic nitrogens is 3. The van der Waals surface area contributed by atoms with Gasteiger partial charge in [0, 0.05) is 51.0 Å². The minimum Gasteiger partial charge on any atom is -0.381 e. The molecule has 2 aliphatic rings. The van der Waals surface area contributed by atoms with Crippen LogP contribution in [0.5, 0.6) is 0 Å². The Labute approximate surface area is 136 Å². The van der Waals surface area contributed by atoms with E-state index in [0.29, 0.717) is 5.92 Å². The van der Waals surface area contributed by atoms with Crippen molar-refractivity contribution in [2.75, 3.05) is 49.2 Å². The van der Waals surface area contributed by atoms with Crippen LogP contribution in [0, 0.1) is 0 Å². The number of pyridine rings is 1.